The highest BCUT2D eigenvalue weighted by atomic mass is 19.1. The van der Waals surface area contributed by atoms with Crippen LogP contribution in [0, 0.1) is 25.1 Å². The van der Waals surface area contributed by atoms with E-state index >= 15 is 0 Å². The number of carbonyl (C=O) groups excluding carboxylic acids is 2. The summed E-state index contributed by atoms with van der Waals surface area (Å²) in [4.78, 5) is 28.0. The van der Waals surface area contributed by atoms with Crippen molar-refractivity contribution >= 4 is 23.3 Å². The van der Waals surface area contributed by atoms with Gasteiger partial charge in [-0.2, -0.15) is 5.10 Å². The molecule has 6 nitrogen and oxygen atoms in total. The molecule has 148 valence electrons. The largest absolute Gasteiger partial charge is 0.310 e. The van der Waals surface area contributed by atoms with Gasteiger partial charge in [-0.1, -0.05) is 29.7 Å². The van der Waals surface area contributed by atoms with Crippen molar-refractivity contribution in [1.29, 1.82) is 0 Å². The van der Waals surface area contributed by atoms with E-state index in [1.54, 1.807) is 18.3 Å². The number of terminal acetylenes is 1. The van der Waals surface area contributed by atoms with E-state index in [1.807, 2.05) is 25.1 Å². The first-order valence-electron chi connectivity index (χ1n) is 9.46. The standard InChI is InChI=1S/C23H17FN4O2/c1-3-9-27-19-8-7-14(2)10-17(19)23(22(27)30)12-20(29)26-21-18(23)13-25-28(21)16-6-4-5-15(24)11-16/h1,4-8,10-11,13H,9,12H2,2H3,(H,26,29). The van der Waals surface area contributed by atoms with Crippen molar-refractivity contribution in [3.63, 3.8) is 0 Å². The van der Waals surface area contributed by atoms with Gasteiger partial charge in [-0.3, -0.25) is 14.5 Å². The Hall–Kier alpha value is -3.92. The van der Waals surface area contributed by atoms with E-state index in [-0.39, 0.29) is 24.8 Å². The number of aryl methyl sites for hydroxylation is 1. The minimum Gasteiger partial charge on any atom is -0.310 e. The number of fused-ring (bicyclic) bond motifs is 4. The van der Waals surface area contributed by atoms with Gasteiger partial charge in [0.15, 0.2) is 0 Å². The second-order valence-electron chi connectivity index (χ2n) is 7.54. The Morgan fingerprint density at radius 3 is 2.83 bits per heavy atom. The Morgan fingerprint density at radius 1 is 1.23 bits per heavy atom. The quantitative estimate of drug-likeness (QED) is 0.673. The third-order valence-corrected chi connectivity index (χ3v) is 5.73. The molecular weight excluding hydrogens is 383 g/mol. The summed E-state index contributed by atoms with van der Waals surface area (Å²) in [5.74, 6) is 1.90. The Morgan fingerprint density at radius 2 is 2.07 bits per heavy atom. The van der Waals surface area contributed by atoms with Crippen LogP contribution in [0.3, 0.4) is 0 Å². The van der Waals surface area contributed by atoms with Crippen LogP contribution < -0.4 is 10.2 Å². The van der Waals surface area contributed by atoms with Gasteiger partial charge in [0, 0.05) is 17.7 Å². The lowest BCUT2D eigenvalue weighted by molar-refractivity contribution is -0.126. The molecule has 1 unspecified atom stereocenters. The van der Waals surface area contributed by atoms with Crippen LogP contribution in [0.5, 0.6) is 0 Å². The molecule has 7 heteroatoms. The summed E-state index contributed by atoms with van der Waals surface area (Å²) in [7, 11) is 0. The summed E-state index contributed by atoms with van der Waals surface area (Å²) in [6.45, 7) is 2.04. The molecule has 0 radical (unpaired) electrons. The van der Waals surface area contributed by atoms with Crippen molar-refractivity contribution < 1.29 is 14.0 Å². The Kier molecular flexibility index (Phi) is 3.80. The summed E-state index contributed by atoms with van der Waals surface area (Å²) in [6, 6.07) is 11.6. The van der Waals surface area contributed by atoms with E-state index in [0.29, 0.717) is 22.8 Å². The molecule has 1 atom stereocenters. The number of carbonyl (C=O) groups is 2. The highest BCUT2D eigenvalue weighted by molar-refractivity contribution is 6.16. The monoisotopic (exact) mass is 400 g/mol. The van der Waals surface area contributed by atoms with Crippen LogP contribution in [0.25, 0.3) is 5.69 Å². The van der Waals surface area contributed by atoms with Gasteiger partial charge in [-0.05, 0) is 36.8 Å². The second-order valence-corrected chi connectivity index (χ2v) is 7.54. The van der Waals surface area contributed by atoms with Gasteiger partial charge in [-0.25, -0.2) is 9.07 Å². The summed E-state index contributed by atoms with van der Waals surface area (Å²) < 4.78 is 15.2. The molecule has 0 aliphatic carbocycles. The molecule has 2 aliphatic rings. The molecule has 0 saturated heterocycles. The van der Waals surface area contributed by atoms with Crippen molar-refractivity contribution in [2.24, 2.45) is 0 Å². The lowest BCUT2D eigenvalue weighted by atomic mass is 9.71. The fraction of sp³-hybridized carbons (Fsp3) is 0.174. The number of benzene rings is 2. The first kappa shape index (κ1) is 18.1. The zero-order valence-corrected chi connectivity index (χ0v) is 16.1. The zero-order chi connectivity index (χ0) is 21.0. The van der Waals surface area contributed by atoms with E-state index in [4.69, 9.17) is 6.42 Å². The molecule has 1 aromatic heterocycles. The van der Waals surface area contributed by atoms with E-state index in [1.165, 1.54) is 21.7 Å². The summed E-state index contributed by atoms with van der Waals surface area (Å²) in [5.41, 5.74) is 2.20. The number of nitrogens with zero attached hydrogens (tertiary/aromatic N) is 3. The van der Waals surface area contributed by atoms with Crippen LogP contribution >= 0.6 is 0 Å². The topological polar surface area (TPSA) is 67.2 Å². The summed E-state index contributed by atoms with van der Waals surface area (Å²) in [6.07, 6.45) is 7.04. The second kappa shape index (κ2) is 6.29. The van der Waals surface area contributed by atoms with E-state index < -0.39 is 11.2 Å². The Balaban J connectivity index is 1.78. The number of halogens is 1. The van der Waals surface area contributed by atoms with Gasteiger partial charge in [0.1, 0.15) is 17.1 Å². The summed E-state index contributed by atoms with van der Waals surface area (Å²) >= 11 is 0. The van der Waals surface area contributed by atoms with Gasteiger partial charge in [-0.15, -0.1) is 6.42 Å². The molecule has 1 spiro atoms. The van der Waals surface area contributed by atoms with Crippen molar-refractivity contribution in [3.8, 4) is 18.0 Å². The van der Waals surface area contributed by atoms with Gasteiger partial charge in [0.05, 0.1) is 18.4 Å². The van der Waals surface area contributed by atoms with Crippen molar-refractivity contribution in [1.82, 2.24) is 9.78 Å². The number of nitrogens with one attached hydrogen (secondary N) is 1. The minimum absolute atomic E-state index is 0.0504. The third kappa shape index (κ3) is 2.34. The highest BCUT2D eigenvalue weighted by Gasteiger charge is 2.57. The normalized spacial score (nSPS) is 19.4. The third-order valence-electron chi connectivity index (χ3n) is 5.73. The first-order chi connectivity index (χ1) is 14.5. The number of hydrogen-bond donors (Lipinski definition) is 1. The fourth-order valence-corrected chi connectivity index (χ4v) is 4.46. The SMILES string of the molecule is C#CCN1C(=O)C2(CC(=O)Nc3c2cnn3-c2cccc(F)c2)c2cc(C)ccc21. The molecule has 3 heterocycles. The molecular formula is C23H17FN4O2. The molecule has 2 amide bonds. The average molecular weight is 400 g/mol. The molecule has 2 aromatic carbocycles. The van der Waals surface area contributed by atoms with Gasteiger partial charge < -0.3 is 5.32 Å². The first-order valence-corrected chi connectivity index (χ1v) is 9.46. The predicted octanol–water partition coefficient (Wildman–Crippen LogP) is 2.93. The van der Waals surface area contributed by atoms with Crippen LogP contribution in [0.15, 0.2) is 48.7 Å². The number of rotatable bonds is 2. The number of hydrogen-bond acceptors (Lipinski definition) is 3. The van der Waals surface area contributed by atoms with Crippen LogP contribution in [0.2, 0.25) is 0 Å². The highest BCUT2D eigenvalue weighted by Crippen LogP contribution is 2.52. The fourth-order valence-electron chi connectivity index (χ4n) is 4.46. The molecule has 3 aromatic rings. The summed E-state index contributed by atoms with van der Waals surface area (Å²) in [5, 5.41) is 7.21. The van der Waals surface area contributed by atoms with E-state index in [2.05, 4.69) is 16.3 Å². The van der Waals surface area contributed by atoms with Crippen molar-refractivity contribution in [2.45, 2.75) is 18.8 Å². The Labute approximate surface area is 172 Å². The molecule has 2 aliphatic heterocycles. The lowest BCUT2D eigenvalue weighted by Crippen LogP contribution is -2.46. The smallest absolute Gasteiger partial charge is 0.243 e. The zero-order valence-electron chi connectivity index (χ0n) is 16.1. The van der Waals surface area contributed by atoms with Gasteiger partial charge >= 0.3 is 0 Å². The van der Waals surface area contributed by atoms with Crippen LogP contribution in [0.4, 0.5) is 15.9 Å². The maximum absolute atomic E-state index is 13.8. The molecule has 5 rings (SSSR count). The maximum Gasteiger partial charge on any atom is 0.243 e. The number of anilines is 2. The van der Waals surface area contributed by atoms with Gasteiger partial charge in [0.25, 0.3) is 0 Å². The van der Waals surface area contributed by atoms with E-state index in [9.17, 15) is 14.0 Å². The molecule has 0 bridgehead atoms. The molecule has 0 saturated carbocycles. The number of aromatic nitrogens is 2. The van der Waals surface area contributed by atoms with Crippen molar-refractivity contribution in [3.05, 3.63) is 71.2 Å². The van der Waals surface area contributed by atoms with Crippen LogP contribution in [-0.2, 0) is 15.0 Å². The molecule has 0 fully saturated rings. The lowest BCUT2D eigenvalue weighted by Gasteiger charge is -2.32. The van der Waals surface area contributed by atoms with Crippen LogP contribution in [0.1, 0.15) is 23.1 Å². The Bertz CT molecular complexity index is 1270. The predicted molar refractivity (Wildman–Crippen MR) is 110 cm³/mol. The maximum atomic E-state index is 13.8. The molecule has 30 heavy (non-hydrogen) atoms. The van der Waals surface area contributed by atoms with E-state index in [0.717, 1.165) is 11.1 Å². The van der Waals surface area contributed by atoms with Gasteiger partial charge in [0.2, 0.25) is 11.8 Å². The number of amides is 2. The minimum atomic E-state index is -1.22. The molecule has 1 N–H and O–H groups in total. The van der Waals surface area contributed by atoms with Crippen molar-refractivity contribution in [2.75, 3.05) is 16.8 Å². The average Bonchev–Trinajstić information content (AvgIpc) is 3.23. The van der Waals surface area contributed by atoms with Crippen LogP contribution in [-0.4, -0.2) is 28.1 Å².